The van der Waals surface area contributed by atoms with E-state index >= 15 is 0 Å². The Morgan fingerprint density at radius 3 is 2.06 bits per heavy atom. The van der Waals surface area contributed by atoms with Crippen LogP contribution in [0.5, 0.6) is 0 Å². The molecular formula is C11H32N2O2Si3. The summed E-state index contributed by atoms with van der Waals surface area (Å²) in [6.45, 7) is 12.7. The van der Waals surface area contributed by atoms with Gasteiger partial charge in [0.1, 0.15) is 0 Å². The quantitative estimate of drug-likeness (QED) is 0.605. The smallest absolute Gasteiger partial charge is 0.310 e. The lowest BCUT2D eigenvalue weighted by atomic mass is 10.5. The van der Waals surface area contributed by atoms with Crippen LogP contribution >= 0.6 is 0 Å². The zero-order chi connectivity index (χ0) is 14.2. The number of nitrogens with two attached hydrogens (primary N) is 2. The summed E-state index contributed by atoms with van der Waals surface area (Å²) >= 11 is 0. The van der Waals surface area contributed by atoms with Crippen LogP contribution in [0.1, 0.15) is 12.8 Å². The Hall–Kier alpha value is 0.491. The van der Waals surface area contributed by atoms with Crippen molar-refractivity contribution >= 4 is 25.9 Å². The summed E-state index contributed by atoms with van der Waals surface area (Å²) in [7, 11) is -4.67. The molecule has 0 aliphatic carbocycles. The largest absolute Gasteiger partial charge is 0.439 e. The third-order valence-electron chi connectivity index (χ3n) is 2.80. The van der Waals surface area contributed by atoms with E-state index in [9.17, 15) is 0 Å². The molecule has 110 valence electrons. The Morgan fingerprint density at radius 2 is 1.56 bits per heavy atom. The molecule has 0 aliphatic heterocycles. The maximum Gasteiger partial charge on any atom is 0.310 e. The Labute approximate surface area is 117 Å². The summed E-state index contributed by atoms with van der Waals surface area (Å²) in [4.78, 5) is 0. The molecule has 0 aliphatic rings. The van der Waals surface area contributed by atoms with Crippen molar-refractivity contribution < 1.29 is 8.23 Å². The van der Waals surface area contributed by atoms with Crippen LogP contribution in [-0.2, 0) is 8.23 Å². The van der Waals surface area contributed by atoms with E-state index in [-0.39, 0.29) is 0 Å². The van der Waals surface area contributed by atoms with Crippen molar-refractivity contribution in [3.8, 4) is 0 Å². The number of hydrogen-bond acceptors (Lipinski definition) is 4. The van der Waals surface area contributed by atoms with Gasteiger partial charge in [-0.15, -0.1) is 0 Å². The van der Waals surface area contributed by atoms with Gasteiger partial charge in [-0.25, -0.2) is 0 Å². The molecule has 18 heavy (non-hydrogen) atoms. The van der Waals surface area contributed by atoms with Crippen molar-refractivity contribution in [3.63, 3.8) is 0 Å². The fourth-order valence-corrected chi connectivity index (χ4v) is 14.8. The fourth-order valence-electron chi connectivity index (χ4n) is 2.22. The van der Waals surface area contributed by atoms with Crippen molar-refractivity contribution in [2.24, 2.45) is 11.5 Å². The van der Waals surface area contributed by atoms with Gasteiger partial charge in [0.2, 0.25) is 0 Å². The second-order valence-electron chi connectivity index (χ2n) is 6.01. The minimum absolute atomic E-state index is 0.754. The highest BCUT2D eigenvalue weighted by Gasteiger charge is 2.35. The van der Waals surface area contributed by atoms with Gasteiger partial charge < -0.3 is 19.7 Å². The normalized spacial score (nSPS) is 14.8. The molecule has 1 atom stereocenters. The highest BCUT2D eigenvalue weighted by molar-refractivity contribution is 6.84. The molecule has 4 N–H and O–H groups in total. The van der Waals surface area contributed by atoms with Crippen molar-refractivity contribution in [1.82, 2.24) is 0 Å². The van der Waals surface area contributed by atoms with Crippen LogP contribution in [0.3, 0.4) is 0 Å². The minimum Gasteiger partial charge on any atom is -0.439 e. The molecule has 7 heteroatoms. The average Bonchev–Trinajstić information content (AvgIpc) is 2.21. The zero-order valence-electron chi connectivity index (χ0n) is 12.8. The molecule has 0 bridgehead atoms. The summed E-state index contributed by atoms with van der Waals surface area (Å²) in [5.74, 6) is 0. The summed E-state index contributed by atoms with van der Waals surface area (Å²) in [6.07, 6.45) is 2.13. The second-order valence-corrected chi connectivity index (χ2v) is 16.8. The van der Waals surface area contributed by atoms with E-state index < -0.39 is 25.9 Å². The molecule has 0 heterocycles. The molecule has 0 spiro atoms. The van der Waals surface area contributed by atoms with Gasteiger partial charge in [-0.3, -0.25) is 0 Å². The topological polar surface area (TPSA) is 70.5 Å². The van der Waals surface area contributed by atoms with E-state index in [0.717, 1.165) is 38.0 Å². The van der Waals surface area contributed by atoms with Gasteiger partial charge >= 0.3 is 8.56 Å². The van der Waals surface area contributed by atoms with Gasteiger partial charge in [-0.2, -0.15) is 0 Å². The molecule has 0 amide bonds. The first-order chi connectivity index (χ1) is 8.22. The van der Waals surface area contributed by atoms with Gasteiger partial charge in [0.05, 0.1) is 0 Å². The molecule has 0 aromatic rings. The van der Waals surface area contributed by atoms with Gasteiger partial charge in [-0.05, 0) is 70.8 Å². The molecule has 0 radical (unpaired) electrons. The van der Waals surface area contributed by atoms with E-state index in [0.29, 0.717) is 0 Å². The van der Waals surface area contributed by atoms with Crippen LogP contribution in [-0.4, -0.2) is 39.0 Å². The van der Waals surface area contributed by atoms with Crippen LogP contribution < -0.4 is 11.5 Å². The highest BCUT2D eigenvalue weighted by Crippen LogP contribution is 2.21. The van der Waals surface area contributed by atoms with Crippen molar-refractivity contribution in [2.45, 2.75) is 57.7 Å². The van der Waals surface area contributed by atoms with Gasteiger partial charge in [0.25, 0.3) is 0 Å². The molecule has 4 nitrogen and oxygen atoms in total. The molecule has 0 saturated heterocycles. The van der Waals surface area contributed by atoms with Crippen molar-refractivity contribution in [3.05, 3.63) is 0 Å². The molecule has 0 rings (SSSR count). The SMILES string of the molecule is C[SiH](CCCN)O[Si](C)(C)O[Si](C)(C)CCCN. The summed E-state index contributed by atoms with van der Waals surface area (Å²) in [6, 6.07) is 2.28. The molecule has 0 fully saturated rings. The van der Waals surface area contributed by atoms with E-state index in [4.69, 9.17) is 19.7 Å². The van der Waals surface area contributed by atoms with Gasteiger partial charge in [0.15, 0.2) is 17.4 Å². The summed E-state index contributed by atoms with van der Waals surface area (Å²) in [5.41, 5.74) is 11.1. The number of rotatable bonds is 10. The lowest BCUT2D eigenvalue weighted by molar-refractivity contribution is 0.397. The fraction of sp³-hybridized carbons (Fsp3) is 1.00. The Kier molecular flexibility index (Phi) is 8.85. The van der Waals surface area contributed by atoms with Crippen LogP contribution in [0.2, 0.25) is 44.8 Å². The molecular weight excluding hydrogens is 276 g/mol. The van der Waals surface area contributed by atoms with Crippen molar-refractivity contribution in [2.75, 3.05) is 13.1 Å². The lowest BCUT2D eigenvalue weighted by Gasteiger charge is -2.35. The predicted molar refractivity (Wildman–Crippen MR) is 87.1 cm³/mol. The Morgan fingerprint density at radius 1 is 1.00 bits per heavy atom. The minimum atomic E-state index is -1.96. The molecule has 0 aromatic carbocycles. The predicted octanol–water partition coefficient (Wildman–Crippen LogP) is 1.98. The third kappa shape index (κ3) is 9.42. The zero-order valence-corrected chi connectivity index (χ0v) is 15.9. The van der Waals surface area contributed by atoms with Gasteiger partial charge in [0, 0.05) is 0 Å². The van der Waals surface area contributed by atoms with E-state index in [1.54, 1.807) is 0 Å². The van der Waals surface area contributed by atoms with Crippen LogP contribution in [0.25, 0.3) is 0 Å². The monoisotopic (exact) mass is 308 g/mol. The summed E-state index contributed by atoms with van der Waals surface area (Å²) in [5, 5.41) is 0. The van der Waals surface area contributed by atoms with Crippen molar-refractivity contribution in [1.29, 1.82) is 0 Å². The first-order valence-corrected chi connectivity index (χ1v) is 15.4. The first kappa shape index (κ1) is 18.5. The lowest BCUT2D eigenvalue weighted by Crippen LogP contribution is -2.49. The second kappa shape index (κ2) is 8.62. The average molecular weight is 309 g/mol. The maximum absolute atomic E-state index is 6.38. The van der Waals surface area contributed by atoms with Crippen LogP contribution in [0.15, 0.2) is 0 Å². The van der Waals surface area contributed by atoms with Crippen LogP contribution in [0, 0.1) is 0 Å². The Balaban J connectivity index is 4.18. The van der Waals surface area contributed by atoms with E-state index in [1.165, 1.54) is 0 Å². The standard InChI is InChI=1S/C11H32N2O2Si3/c1-16(10-6-8-12)14-18(4,5)15-17(2,3)11-7-9-13/h16H,6-13H2,1-5H3. The van der Waals surface area contributed by atoms with Gasteiger partial charge in [-0.1, -0.05) is 0 Å². The maximum atomic E-state index is 6.38. The summed E-state index contributed by atoms with van der Waals surface area (Å²) < 4.78 is 12.6. The molecule has 0 aromatic heterocycles. The Bertz CT molecular complexity index is 228. The number of hydrogen-bond donors (Lipinski definition) is 2. The van der Waals surface area contributed by atoms with E-state index in [2.05, 4.69) is 32.7 Å². The first-order valence-electron chi connectivity index (χ1n) is 7.00. The molecule has 1 unspecified atom stereocenters. The molecule has 0 saturated carbocycles. The van der Waals surface area contributed by atoms with E-state index in [1.807, 2.05) is 0 Å². The highest BCUT2D eigenvalue weighted by atomic mass is 28.5. The third-order valence-corrected chi connectivity index (χ3v) is 13.6. The van der Waals surface area contributed by atoms with Crippen LogP contribution in [0.4, 0.5) is 0 Å².